The average Bonchev–Trinajstić information content (AvgIpc) is 2.65. The molecule has 1 amide bonds. The molecule has 0 aromatic heterocycles. The molecule has 3 nitrogen and oxygen atoms in total. The highest BCUT2D eigenvalue weighted by Gasteiger charge is 2.35. The first-order chi connectivity index (χ1) is 9.88. The third kappa shape index (κ3) is 3.76. The van der Waals surface area contributed by atoms with Crippen molar-refractivity contribution in [1.82, 2.24) is 4.90 Å². The van der Waals surface area contributed by atoms with Crippen LogP contribution in [0.4, 0.5) is 0 Å². The van der Waals surface area contributed by atoms with Crippen LogP contribution in [0.25, 0.3) is 6.08 Å². The third-order valence-corrected chi connectivity index (χ3v) is 4.06. The van der Waals surface area contributed by atoms with Crippen molar-refractivity contribution >= 4 is 28.9 Å². The zero-order chi connectivity index (χ0) is 15.6. The predicted molar refractivity (Wildman–Crippen MR) is 91.3 cm³/mol. The number of rotatable bonds is 3. The van der Waals surface area contributed by atoms with Gasteiger partial charge in [-0.3, -0.25) is 14.7 Å². The number of amides is 1. The summed E-state index contributed by atoms with van der Waals surface area (Å²) >= 11 is 1.47. The van der Waals surface area contributed by atoms with Gasteiger partial charge in [0.2, 0.25) is 0 Å². The number of carbonyl (C=O) groups is 1. The normalized spacial score (nSPS) is 19.6. The number of thioether (sulfide) groups is 1. The molecule has 1 heterocycles. The number of amidine groups is 1. The zero-order valence-electron chi connectivity index (χ0n) is 13.3. The lowest BCUT2D eigenvalue weighted by Crippen LogP contribution is -2.35. The Labute approximate surface area is 131 Å². The van der Waals surface area contributed by atoms with Gasteiger partial charge >= 0.3 is 0 Å². The Bertz CT molecular complexity index is 603. The minimum Gasteiger partial charge on any atom is -0.284 e. The number of aliphatic imine (C=N–C) groups is 1. The lowest BCUT2D eigenvalue weighted by molar-refractivity contribution is -0.123. The number of nitrogens with zero attached hydrogens (tertiary/aromatic N) is 2. The maximum Gasteiger partial charge on any atom is 0.266 e. The van der Waals surface area contributed by atoms with Gasteiger partial charge in [-0.25, -0.2) is 0 Å². The van der Waals surface area contributed by atoms with Crippen molar-refractivity contribution in [2.75, 3.05) is 0 Å². The molecule has 0 atom stereocenters. The SMILES string of the molecule is Cc1cccc(/C=C2/SC(=NC(C)C)N(C(C)C)C2=O)c1. The van der Waals surface area contributed by atoms with Crippen molar-refractivity contribution in [1.29, 1.82) is 0 Å². The summed E-state index contributed by atoms with van der Waals surface area (Å²) < 4.78 is 0. The lowest BCUT2D eigenvalue weighted by atomic mass is 10.1. The molecule has 1 saturated heterocycles. The van der Waals surface area contributed by atoms with Crippen molar-refractivity contribution in [2.45, 2.75) is 46.7 Å². The lowest BCUT2D eigenvalue weighted by Gasteiger charge is -2.20. The number of hydrogen-bond donors (Lipinski definition) is 0. The highest BCUT2D eigenvalue weighted by molar-refractivity contribution is 8.18. The largest absolute Gasteiger partial charge is 0.284 e. The molecule has 0 radical (unpaired) electrons. The van der Waals surface area contributed by atoms with Crippen LogP contribution in [0.2, 0.25) is 0 Å². The van der Waals surface area contributed by atoms with Crippen LogP contribution in [0.15, 0.2) is 34.2 Å². The van der Waals surface area contributed by atoms with E-state index in [1.165, 1.54) is 17.3 Å². The quantitative estimate of drug-likeness (QED) is 0.788. The average molecular weight is 302 g/mol. The first kappa shape index (κ1) is 15.8. The van der Waals surface area contributed by atoms with E-state index in [4.69, 9.17) is 0 Å². The number of aryl methyl sites for hydroxylation is 1. The molecule has 1 aromatic rings. The first-order valence-electron chi connectivity index (χ1n) is 7.26. The molecule has 0 spiro atoms. The summed E-state index contributed by atoms with van der Waals surface area (Å²) in [5.74, 6) is 0.0518. The van der Waals surface area contributed by atoms with Crippen LogP contribution in [-0.2, 0) is 4.79 Å². The standard InChI is InChI=1S/C17H22N2OS/c1-11(2)18-17-19(12(3)4)16(20)15(21-17)10-14-8-6-7-13(5)9-14/h6-12H,1-5H3/b15-10+,18-17?. The summed E-state index contributed by atoms with van der Waals surface area (Å²) in [7, 11) is 0. The van der Waals surface area contributed by atoms with E-state index in [1.54, 1.807) is 4.90 Å². The van der Waals surface area contributed by atoms with Crippen molar-refractivity contribution in [3.63, 3.8) is 0 Å². The van der Waals surface area contributed by atoms with Gasteiger partial charge in [-0.1, -0.05) is 29.8 Å². The number of hydrogen-bond acceptors (Lipinski definition) is 3. The highest BCUT2D eigenvalue weighted by atomic mass is 32.2. The van der Waals surface area contributed by atoms with Crippen molar-refractivity contribution < 1.29 is 4.79 Å². The molecule has 1 fully saturated rings. The second-order valence-corrected chi connectivity index (χ2v) is 6.81. The van der Waals surface area contributed by atoms with E-state index in [1.807, 2.05) is 45.9 Å². The minimum absolute atomic E-state index is 0.0518. The Morgan fingerprint density at radius 1 is 1.24 bits per heavy atom. The summed E-state index contributed by atoms with van der Waals surface area (Å²) in [5.41, 5.74) is 2.25. The fraction of sp³-hybridized carbons (Fsp3) is 0.412. The molecule has 21 heavy (non-hydrogen) atoms. The van der Waals surface area contributed by atoms with Crippen molar-refractivity contribution in [3.8, 4) is 0 Å². The highest BCUT2D eigenvalue weighted by Crippen LogP contribution is 2.34. The predicted octanol–water partition coefficient (Wildman–Crippen LogP) is 4.08. The smallest absolute Gasteiger partial charge is 0.266 e. The molecule has 0 saturated carbocycles. The van der Waals surface area contributed by atoms with E-state index in [9.17, 15) is 4.79 Å². The van der Waals surface area contributed by atoms with E-state index < -0.39 is 0 Å². The zero-order valence-corrected chi connectivity index (χ0v) is 14.1. The molecule has 1 aliphatic heterocycles. The molecule has 0 bridgehead atoms. The second kappa shape index (κ2) is 6.48. The van der Waals surface area contributed by atoms with Crippen LogP contribution in [0.1, 0.15) is 38.8 Å². The fourth-order valence-corrected chi connectivity index (χ4v) is 3.40. The molecule has 4 heteroatoms. The molecule has 0 unspecified atom stereocenters. The molecule has 0 aliphatic carbocycles. The van der Waals surface area contributed by atoms with Gasteiger partial charge in [0.25, 0.3) is 5.91 Å². The first-order valence-corrected chi connectivity index (χ1v) is 8.07. The maximum absolute atomic E-state index is 12.6. The molecule has 112 valence electrons. The molecular weight excluding hydrogens is 280 g/mol. The van der Waals surface area contributed by atoms with Crippen molar-refractivity contribution in [2.24, 2.45) is 4.99 Å². The Morgan fingerprint density at radius 3 is 2.52 bits per heavy atom. The summed E-state index contributed by atoms with van der Waals surface area (Å²) in [6, 6.07) is 8.46. The summed E-state index contributed by atoms with van der Waals surface area (Å²) in [4.78, 5) is 19.7. The summed E-state index contributed by atoms with van der Waals surface area (Å²) in [6.45, 7) is 10.1. The Kier molecular flexibility index (Phi) is 4.88. The molecule has 1 aromatic carbocycles. The van der Waals surface area contributed by atoms with E-state index in [0.29, 0.717) is 0 Å². The van der Waals surface area contributed by atoms with Crippen LogP contribution in [-0.4, -0.2) is 28.1 Å². The number of carbonyl (C=O) groups excluding carboxylic acids is 1. The maximum atomic E-state index is 12.6. The third-order valence-electron chi connectivity index (χ3n) is 3.06. The van der Waals surface area contributed by atoms with E-state index in [-0.39, 0.29) is 18.0 Å². The molecular formula is C17H22N2OS. The van der Waals surface area contributed by atoms with Crippen LogP contribution < -0.4 is 0 Å². The molecule has 2 rings (SSSR count). The van der Waals surface area contributed by atoms with Gasteiger partial charge in [0.05, 0.1) is 4.91 Å². The number of benzene rings is 1. The van der Waals surface area contributed by atoms with Crippen molar-refractivity contribution in [3.05, 3.63) is 40.3 Å². The second-order valence-electron chi connectivity index (χ2n) is 5.80. The van der Waals surface area contributed by atoms with Crippen LogP contribution >= 0.6 is 11.8 Å². The van der Waals surface area contributed by atoms with Gasteiger partial charge in [0.1, 0.15) is 0 Å². The topological polar surface area (TPSA) is 32.7 Å². The van der Waals surface area contributed by atoms with E-state index in [2.05, 4.69) is 24.0 Å². The van der Waals surface area contributed by atoms with Gasteiger partial charge in [-0.15, -0.1) is 0 Å². The molecule has 0 N–H and O–H groups in total. The van der Waals surface area contributed by atoms with Crippen LogP contribution in [0, 0.1) is 6.92 Å². The molecule has 1 aliphatic rings. The van der Waals surface area contributed by atoms with Gasteiger partial charge in [0, 0.05) is 12.1 Å². The van der Waals surface area contributed by atoms with Gasteiger partial charge in [0.15, 0.2) is 5.17 Å². The summed E-state index contributed by atoms with van der Waals surface area (Å²) in [5, 5.41) is 0.809. The van der Waals surface area contributed by atoms with Gasteiger partial charge < -0.3 is 0 Å². The van der Waals surface area contributed by atoms with E-state index in [0.717, 1.165) is 15.6 Å². The summed E-state index contributed by atoms with van der Waals surface area (Å²) in [6.07, 6.45) is 1.96. The van der Waals surface area contributed by atoms with Gasteiger partial charge in [-0.05, 0) is 58.0 Å². The van der Waals surface area contributed by atoms with Crippen LogP contribution in [0.5, 0.6) is 0 Å². The van der Waals surface area contributed by atoms with Crippen LogP contribution in [0.3, 0.4) is 0 Å². The minimum atomic E-state index is 0.0518. The van der Waals surface area contributed by atoms with E-state index >= 15 is 0 Å². The Balaban J connectivity index is 2.36. The Morgan fingerprint density at radius 2 is 1.95 bits per heavy atom. The monoisotopic (exact) mass is 302 g/mol. The van der Waals surface area contributed by atoms with Gasteiger partial charge in [-0.2, -0.15) is 0 Å². The fourth-order valence-electron chi connectivity index (χ4n) is 2.16. The Hall–Kier alpha value is -1.55.